The third-order valence-electron chi connectivity index (χ3n) is 6.58. The summed E-state index contributed by atoms with van der Waals surface area (Å²) in [4.78, 5) is 0.215. The molecule has 5 nitrogen and oxygen atoms in total. The van der Waals surface area contributed by atoms with Crippen LogP contribution in [0.4, 0.5) is 0 Å². The van der Waals surface area contributed by atoms with E-state index >= 15 is 0 Å². The zero-order chi connectivity index (χ0) is 21.6. The van der Waals surface area contributed by atoms with Crippen LogP contribution >= 0.6 is 11.6 Å². The highest BCUT2D eigenvalue weighted by atomic mass is 35.5. The van der Waals surface area contributed by atoms with Gasteiger partial charge in [-0.05, 0) is 49.9 Å². The first-order valence-electron chi connectivity index (χ1n) is 10.3. The van der Waals surface area contributed by atoms with Gasteiger partial charge in [-0.3, -0.25) is 0 Å². The molecule has 2 aromatic rings. The summed E-state index contributed by atoms with van der Waals surface area (Å²) in [5.74, 6) is 1.00. The average molecular weight is 450 g/mol. The molecule has 162 valence electrons. The number of hydrogen-bond donors (Lipinski definition) is 1. The minimum absolute atomic E-state index is 0.0475. The SMILES string of the molecule is CC(C)[C@@]12CC[C@](C)(O1)[C@@H](Oc1cccc(Cl)c1CNS(=O)(=O)c1ccccc1)C2. The smallest absolute Gasteiger partial charge is 0.240 e. The number of hydrogen-bond acceptors (Lipinski definition) is 4. The Morgan fingerprint density at radius 1 is 1.17 bits per heavy atom. The second kappa shape index (κ2) is 7.83. The Hall–Kier alpha value is -1.60. The molecule has 30 heavy (non-hydrogen) atoms. The fourth-order valence-electron chi connectivity index (χ4n) is 4.56. The number of benzene rings is 2. The fraction of sp³-hybridized carbons (Fsp3) is 0.478. The van der Waals surface area contributed by atoms with Crippen molar-refractivity contribution in [3.05, 3.63) is 59.1 Å². The first kappa shape index (κ1) is 21.6. The summed E-state index contributed by atoms with van der Waals surface area (Å²) < 4.78 is 40.8. The van der Waals surface area contributed by atoms with E-state index in [9.17, 15) is 8.42 Å². The van der Waals surface area contributed by atoms with Gasteiger partial charge in [-0.2, -0.15) is 0 Å². The second-order valence-corrected chi connectivity index (χ2v) is 11.0. The molecule has 0 radical (unpaired) electrons. The highest BCUT2D eigenvalue weighted by molar-refractivity contribution is 7.89. The summed E-state index contributed by atoms with van der Waals surface area (Å²) in [7, 11) is -3.65. The van der Waals surface area contributed by atoms with Crippen molar-refractivity contribution in [2.45, 2.75) is 68.8 Å². The van der Waals surface area contributed by atoms with Gasteiger partial charge in [0.2, 0.25) is 10.0 Å². The van der Waals surface area contributed by atoms with Crippen molar-refractivity contribution in [1.82, 2.24) is 4.72 Å². The molecule has 2 heterocycles. The highest BCUT2D eigenvalue weighted by Gasteiger charge is 2.61. The van der Waals surface area contributed by atoms with Gasteiger partial charge in [0.1, 0.15) is 17.5 Å². The Labute approximate surface area is 183 Å². The normalized spacial score (nSPS) is 28.2. The first-order valence-corrected chi connectivity index (χ1v) is 12.2. The van der Waals surface area contributed by atoms with Crippen molar-refractivity contribution in [2.24, 2.45) is 5.92 Å². The Balaban J connectivity index is 1.55. The molecule has 0 aromatic heterocycles. The lowest BCUT2D eigenvalue weighted by atomic mass is 9.75. The molecule has 1 N–H and O–H groups in total. The van der Waals surface area contributed by atoms with E-state index in [0.29, 0.717) is 22.3 Å². The number of ether oxygens (including phenoxy) is 2. The number of halogens is 1. The lowest BCUT2D eigenvalue weighted by Gasteiger charge is -2.32. The number of fused-ring (bicyclic) bond motifs is 2. The van der Waals surface area contributed by atoms with Crippen LogP contribution in [0.2, 0.25) is 5.02 Å². The topological polar surface area (TPSA) is 64.6 Å². The van der Waals surface area contributed by atoms with E-state index in [1.54, 1.807) is 36.4 Å². The fourth-order valence-corrected chi connectivity index (χ4v) is 5.81. The monoisotopic (exact) mass is 449 g/mol. The molecular formula is C23H28ClNO4S. The van der Waals surface area contributed by atoms with Gasteiger partial charge in [0.05, 0.1) is 10.5 Å². The molecule has 0 aliphatic carbocycles. The summed E-state index contributed by atoms with van der Waals surface area (Å²) in [5.41, 5.74) is 0.143. The molecule has 2 saturated heterocycles. The van der Waals surface area contributed by atoms with Crippen molar-refractivity contribution in [1.29, 1.82) is 0 Å². The Morgan fingerprint density at radius 3 is 2.57 bits per heavy atom. The predicted octanol–water partition coefficient (Wildman–Crippen LogP) is 4.93. The van der Waals surface area contributed by atoms with Crippen molar-refractivity contribution in [2.75, 3.05) is 0 Å². The van der Waals surface area contributed by atoms with Gasteiger partial charge in [0.25, 0.3) is 0 Å². The molecule has 0 amide bonds. The van der Waals surface area contributed by atoms with Gasteiger partial charge >= 0.3 is 0 Å². The molecule has 3 atom stereocenters. The van der Waals surface area contributed by atoms with Crippen molar-refractivity contribution in [3.63, 3.8) is 0 Å². The summed E-state index contributed by atoms with van der Waals surface area (Å²) in [6.07, 6.45) is 2.71. The van der Waals surface area contributed by atoms with Crippen molar-refractivity contribution < 1.29 is 17.9 Å². The van der Waals surface area contributed by atoms with Crippen LogP contribution in [0.5, 0.6) is 5.75 Å². The summed E-state index contributed by atoms with van der Waals surface area (Å²) in [5, 5.41) is 0.469. The quantitative estimate of drug-likeness (QED) is 0.650. The molecule has 2 fully saturated rings. The zero-order valence-electron chi connectivity index (χ0n) is 17.5. The van der Waals surface area contributed by atoms with E-state index in [1.165, 1.54) is 0 Å². The third-order valence-corrected chi connectivity index (χ3v) is 8.35. The number of sulfonamides is 1. The average Bonchev–Trinajstić information content (AvgIpc) is 3.20. The summed E-state index contributed by atoms with van der Waals surface area (Å²) in [6, 6.07) is 13.7. The van der Waals surface area contributed by atoms with E-state index in [4.69, 9.17) is 21.1 Å². The largest absolute Gasteiger partial charge is 0.487 e. The van der Waals surface area contributed by atoms with Crippen LogP contribution in [-0.2, 0) is 21.3 Å². The Morgan fingerprint density at radius 2 is 1.90 bits per heavy atom. The first-order chi connectivity index (χ1) is 14.2. The Kier molecular flexibility index (Phi) is 5.64. The van der Waals surface area contributed by atoms with E-state index in [0.717, 1.165) is 19.3 Å². The van der Waals surface area contributed by atoms with Gasteiger partial charge in [-0.15, -0.1) is 0 Å². The lowest BCUT2D eigenvalue weighted by molar-refractivity contribution is -0.0770. The lowest BCUT2D eigenvalue weighted by Crippen LogP contribution is -2.40. The minimum Gasteiger partial charge on any atom is -0.487 e. The maximum absolute atomic E-state index is 12.6. The summed E-state index contributed by atoms with van der Waals surface area (Å²) in [6.45, 7) is 6.54. The number of nitrogens with one attached hydrogen (secondary N) is 1. The highest BCUT2D eigenvalue weighted by Crippen LogP contribution is 2.55. The van der Waals surface area contributed by atoms with Crippen LogP contribution in [0, 0.1) is 5.92 Å². The van der Waals surface area contributed by atoms with Crippen LogP contribution in [0.25, 0.3) is 0 Å². The van der Waals surface area contributed by atoms with Crippen LogP contribution in [-0.4, -0.2) is 25.7 Å². The van der Waals surface area contributed by atoms with Gasteiger partial charge in [-0.25, -0.2) is 13.1 Å². The second-order valence-electron chi connectivity index (χ2n) is 8.80. The molecule has 7 heteroatoms. The van der Waals surface area contributed by atoms with Crippen molar-refractivity contribution in [3.8, 4) is 5.75 Å². The van der Waals surface area contributed by atoms with Crippen molar-refractivity contribution >= 4 is 21.6 Å². The molecule has 2 aromatic carbocycles. The molecule has 0 saturated carbocycles. The molecule has 2 aliphatic rings. The van der Waals surface area contributed by atoms with E-state index in [1.807, 2.05) is 12.1 Å². The molecule has 2 bridgehead atoms. The van der Waals surface area contributed by atoms with E-state index < -0.39 is 10.0 Å². The Bertz CT molecular complexity index is 1030. The maximum atomic E-state index is 12.6. The number of rotatable bonds is 7. The third kappa shape index (κ3) is 3.86. The van der Waals surface area contributed by atoms with Crippen LogP contribution in [0.3, 0.4) is 0 Å². The van der Waals surface area contributed by atoms with Gasteiger partial charge in [-0.1, -0.05) is 49.7 Å². The van der Waals surface area contributed by atoms with Gasteiger partial charge < -0.3 is 9.47 Å². The predicted molar refractivity (Wildman–Crippen MR) is 117 cm³/mol. The maximum Gasteiger partial charge on any atom is 0.240 e. The minimum atomic E-state index is -3.65. The molecular weight excluding hydrogens is 422 g/mol. The molecule has 0 unspecified atom stereocenters. The van der Waals surface area contributed by atoms with Gasteiger partial charge in [0, 0.05) is 23.6 Å². The van der Waals surface area contributed by atoms with Gasteiger partial charge in [0.15, 0.2) is 0 Å². The summed E-state index contributed by atoms with van der Waals surface area (Å²) >= 11 is 6.44. The molecule has 2 aliphatic heterocycles. The van der Waals surface area contributed by atoms with E-state index in [-0.39, 0.29) is 28.7 Å². The zero-order valence-corrected chi connectivity index (χ0v) is 19.1. The van der Waals surface area contributed by atoms with Crippen LogP contribution < -0.4 is 9.46 Å². The van der Waals surface area contributed by atoms with E-state index in [2.05, 4.69) is 25.5 Å². The molecule has 0 spiro atoms. The van der Waals surface area contributed by atoms with Crippen LogP contribution in [0.15, 0.2) is 53.4 Å². The standard InChI is InChI=1S/C23H28ClNO4S/c1-16(2)23-13-12-22(3,29-23)21(14-23)28-20-11-7-10-19(24)18(20)15-25-30(26,27)17-8-5-4-6-9-17/h4-11,16,21,25H,12-15H2,1-3H3/t21-,22-,23-/m0/s1. The van der Waals surface area contributed by atoms with Crippen LogP contribution in [0.1, 0.15) is 45.6 Å². The molecule has 4 rings (SSSR count).